The summed E-state index contributed by atoms with van der Waals surface area (Å²) >= 11 is 0. The van der Waals surface area contributed by atoms with E-state index in [0.29, 0.717) is 5.69 Å². The molecule has 1 unspecified atom stereocenters. The summed E-state index contributed by atoms with van der Waals surface area (Å²) in [6, 6.07) is 5.67. The van der Waals surface area contributed by atoms with Crippen molar-refractivity contribution in [1.82, 2.24) is 9.55 Å². The second-order valence-electron chi connectivity index (χ2n) is 6.73. The summed E-state index contributed by atoms with van der Waals surface area (Å²) in [5.74, 6) is -1.08. The van der Waals surface area contributed by atoms with E-state index in [0.717, 1.165) is 11.1 Å². The van der Waals surface area contributed by atoms with Crippen LogP contribution in [0.3, 0.4) is 0 Å². The molecule has 0 saturated carbocycles. The van der Waals surface area contributed by atoms with Crippen molar-refractivity contribution in [3.63, 3.8) is 0 Å². The molecule has 0 radical (unpaired) electrons. The van der Waals surface area contributed by atoms with Crippen LogP contribution >= 0.6 is 0 Å². The fourth-order valence-corrected chi connectivity index (χ4v) is 2.81. The van der Waals surface area contributed by atoms with Gasteiger partial charge in [-0.25, -0.2) is 9.78 Å². The standard InChI is InChI=1S/C20H21N3O5/c1-10-6-7-11(2)14(8-10)22-17(24)13(4)28-20(26)15-12(3)27-18-16(15)19(25)23(5)9-21-18/h6-9,13H,1-5H3,(H,22,24). The van der Waals surface area contributed by atoms with Gasteiger partial charge in [0.1, 0.15) is 23.0 Å². The number of aryl methyl sites for hydroxylation is 4. The van der Waals surface area contributed by atoms with Crippen LogP contribution in [0.4, 0.5) is 5.69 Å². The van der Waals surface area contributed by atoms with Crippen LogP contribution in [-0.2, 0) is 16.6 Å². The normalized spacial score (nSPS) is 12.0. The van der Waals surface area contributed by atoms with Gasteiger partial charge in [-0.1, -0.05) is 12.1 Å². The third kappa shape index (κ3) is 3.53. The summed E-state index contributed by atoms with van der Waals surface area (Å²) in [5.41, 5.74) is 2.14. The van der Waals surface area contributed by atoms with Crippen molar-refractivity contribution in [2.24, 2.45) is 7.05 Å². The highest BCUT2D eigenvalue weighted by atomic mass is 16.5. The molecular formula is C20H21N3O5. The van der Waals surface area contributed by atoms with E-state index < -0.39 is 23.5 Å². The fourth-order valence-electron chi connectivity index (χ4n) is 2.81. The van der Waals surface area contributed by atoms with Crippen molar-refractivity contribution >= 4 is 28.7 Å². The minimum Gasteiger partial charge on any atom is -0.449 e. The SMILES string of the molecule is Cc1ccc(C)c(NC(=O)C(C)OC(=O)c2c(C)oc3ncn(C)c(=O)c23)c1. The molecule has 3 aromatic rings. The van der Waals surface area contributed by atoms with Gasteiger partial charge in [0, 0.05) is 12.7 Å². The molecule has 1 amide bonds. The van der Waals surface area contributed by atoms with Gasteiger partial charge in [0.25, 0.3) is 11.5 Å². The Balaban J connectivity index is 1.83. The number of benzene rings is 1. The third-order valence-electron chi connectivity index (χ3n) is 4.46. The summed E-state index contributed by atoms with van der Waals surface area (Å²) in [6.45, 7) is 6.79. The number of carbonyl (C=O) groups is 2. The Morgan fingerprint density at radius 3 is 2.68 bits per heavy atom. The minimum atomic E-state index is -1.07. The van der Waals surface area contributed by atoms with E-state index in [1.165, 1.54) is 24.9 Å². The van der Waals surface area contributed by atoms with E-state index in [-0.39, 0.29) is 22.4 Å². The van der Waals surface area contributed by atoms with Gasteiger partial charge >= 0.3 is 5.97 Å². The average Bonchev–Trinajstić information content (AvgIpc) is 2.98. The predicted octanol–water partition coefficient (Wildman–Crippen LogP) is 2.64. The molecule has 8 heteroatoms. The first-order valence-corrected chi connectivity index (χ1v) is 8.73. The molecule has 1 aromatic carbocycles. The van der Waals surface area contributed by atoms with E-state index in [1.807, 2.05) is 32.0 Å². The molecule has 2 heterocycles. The predicted molar refractivity (Wildman–Crippen MR) is 103 cm³/mol. The summed E-state index contributed by atoms with van der Waals surface area (Å²) in [7, 11) is 1.52. The number of carbonyl (C=O) groups excluding carboxylic acids is 2. The molecule has 0 aliphatic carbocycles. The largest absolute Gasteiger partial charge is 0.449 e. The molecule has 0 aliphatic rings. The number of esters is 1. The zero-order valence-electron chi connectivity index (χ0n) is 16.3. The Labute approximate surface area is 161 Å². The molecule has 0 fully saturated rings. The van der Waals surface area contributed by atoms with E-state index >= 15 is 0 Å². The topological polar surface area (TPSA) is 103 Å². The molecule has 28 heavy (non-hydrogen) atoms. The number of rotatable bonds is 4. The molecule has 1 N–H and O–H groups in total. The number of nitrogens with zero attached hydrogens (tertiary/aromatic N) is 2. The number of hydrogen-bond acceptors (Lipinski definition) is 6. The third-order valence-corrected chi connectivity index (χ3v) is 4.46. The molecule has 3 rings (SSSR count). The van der Waals surface area contributed by atoms with Crippen molar-refractivity contribution in [3.05, 3.63) is 57.3 Å². The second-order valence-corrected chi connectivity index (χ2v) is 6.73. The highest BCUT2D eigenvalue weighted by Gasteiger charge is 2.27. The van der Waals surface area contributed by atoms with E-state index in [1.54, 1.807) is 6.92 Å². The monoisotopic (exact) mass is 383 g/mol. The van der Waals surface area contributed by atoms with Crippen LogP contribution in [0.2, 0.25) is 0 Å². The number of fused-ring (bicyclic) bond motifs is 1. The van der Waals surface area contributed by atoms with E-state index in [9.17, 15) is 14.4 Å². The molecule has 0 spiro atoms. The molecule has 0 saturated heterocycles. The minimum absolute atomic E-state index is 0.0184. The van der Waals surface area contributed by atoms with Gasteiger partial charge in [0.2, 0.25) is 5.71 Å². The van der Waals surface area contributed by atoms with Crippen molar-refractivity contribution in [2.45, 2.75) is 33.8 Å². The Morgan fingerprint density at radius 1 is 1.25 bits per heavy atom. The second kappa shape index (κ2) is 7.30. The van der Waals surface area contributed by atoms with Crippen molar-refractivity contribution in [3.8, 4) is 0 Å². The molecule has 146 valence electrons. The lowest BCUT2D eigenvalue weighted by Crippen LogP contribution is -2.30. The quantitative estimate of drug-likeness (QED) is 0.695. The lowest BCUT2D eigenvalue weighted by molar-refractivity contribution is -0.123. The Kier molecular flexibility index (Phi) is 5.04. The average molecular weight is 383 g/mol. The maximum absolute atomic E-state index is 12.7. The fraction of sp³-hybridized carbons (Fsp3) is 0.300. The molecule has 1 atom stereocenters. The van der Waals surface area contributed by atoms with E-state index in [2.05, 4.69) is 10.3 Å². The Morgan fingerprint density at radius 2 is 1.96 bits per heavy atom. The zero-order chi connectivity index (χ0) is 20.6. The van der Waals surface area contributed by atoms with Gasteiger partial charge < -0.3 is 19.0 Å². The molecular weight excluding hydrogens is 362 g/mol. The first-order valence-electron chi connectivity index (χ1n) is 8.73. The number of ether oxygens (including phenoxy) is 1. The maximum Gasteiger partial charge on any atom is 0.343 e. The maximum atomic E-state index is 12.7. The number of hydrogen-bond donors (Lipinski definition) is 1. The number of anilines is 1. The van der Waals surface area contributed by atoms with Gasteiger partial charge in [0.05, 0.1) is 0 Å². The van der Waals surface area contributed by atoms with Gasteiger partial charge in [-0.15, -0.1) is 0 Å². The number of nitrogens with one attached hydrogen (secondary N) is 1. The number of furan rings is 1. The van der Waals surface area contributed by atoms with Crippen molar-refractivity contribution in [2.75, 3.05) is 5.32 Å². The van der Waals surface area contributed by atoms with Gasteiger partial charge in [-0.05, 0) is 44.9 Å². The van der Waals surface area contributed by atoms with Crippen molar-refractivity contribution < 1.29 is 18.7 Å². The van der Waals surface area contributed by atoms with Gasteiger partial charge in [-0.3, -0.25) is 9.59 Å². The van der Waals surface area contributed by atoms with Gasteiger partial charge in [0.15, 0.2) is 6.10 Å². The van der Waals surface area contributed by atoms with Crippen molar-refractivity contribution in [1.29, 1.82) is 0 Å². The molecule has 0 aliphatic heterocycles. The first-order chi connectivity index (χ1) is 13.2. The number of aromatic nitrogens is 2. The lowest BCUT2D eigenvalue weighted by atomic mass is 10.1. The molecule has 8 nitrogen and oxygen atoms in total. The van der Waals surface area contributed by atoms with Crippen LogP contribution in [0.1, 0.15) is 34.2 Å². The Hall–Kier alpha value is -3.42. The summed E-state index contributed by atoms with van der Waals surface area (Å²) < 4.78 is 11.9. The van der Waals surface area contributed by atoms with Crippen LogP contribution in [-0.4, -0.2) is 27.5 Å². The van der Waals surface area contributed by atoms with Gasteiger partial charge in [-0.2, -0.15) is 0 Å². The molecule has 0 bridgehead atoms. The summed E-state index contributed by atoms with van der Waals surface area (Å²) in [5, 5.41) is 2.79. The van der Waals surface area contributed by atoms with Crippen LogP contribution < -0.4 is 10.9 Å². The summed E-state index contributed by atoms with van der Waals surface area (Å²) in [4.78, 5) is 41.5. The van der Waals surface area contributed by atoms with Crippen LogP contribution in [0.25, 0.3) is 11.1 Å². The lowest BCUT2D eigenvalue weighted by Gasteiger charge is -2.15. The van der Waals surface area contributed by atoms with Crippen LogP contribution in [0.5, 0.6) is 0 Å². The highest BCUT2D eigenvalue weighted by Crippen LogP contribution is 2.22. The number of amides is 1. The highest BCUT2D eigenvalue weighted by molar-refractivity contribution is 6.05. The van der Waals surface area contributed by atoms with E-state index in [4.69, 9.17) is 9.15 Å². The molecule has 2 aromatic heterocycles. The first kappa shape index (κ1) is 19.3. The zero-order valence-corrected chi connectivity index (χ0v) is 16.3. The van der Waals surface area contributed by atoms with Crippen LogP contribution in [0.15, 0.2) is 33.7 Å². The van der Waals surface area contributed by atoms with Crippen LogP contribution in [0, 0.1) is 20.8 Å². The smallest absolute Gasteiger partial charge is 0.343 e. The summed E-state index contributed by atoms with van der Waals surface area (Å²) in [6.07, 6.45) is 0.237. The Bertz CT molecular complexity index is 1140.